The van der Waals surface area contributed by atoms with Gasteiger partial charge in [0.15, 0.2) is 0 Å². The summed E-state index contributed by atoms with van der Waals surface area (Å²) in [5, 5.41) is 5.78. The Bertz CT molecular complexity index is 957. The lowest BCUT2D eigenvalue weighted by Gasteiger charge is -2.16. The van der Waals surface area contributed by atoms with Crippen LogP contribution < -0.4 is 10.1 Å². The van der Waals surface area contributed by atoms with Crippen LogP contribution in [0.5, 0.6) is 5.75 Å². The monoisotopic (exact) mass is 314 g/mol. The van der Waals surface area contributed by atoms with E-state index in [0.29, 0.717) is 6.61 Å². The second-order valence-electron chi connectivity index (χ2n) is 5.58. The molecule has 0 radical (unpaired) electrons. The molecule has 1 heterocycles. The highest BCUT2D eigenvalue weighted by Gasteiger charge is 2.11. The molecule has 0 aliphatic carbocycles. The van der Waals surface area contributed by atoms with Crippen LogP contribution in [0.2, 0.25) is 0 Å². The van der Waals surface area contributed by atoms with Gasteiger partial charge in [0, 0.05) is 10.8 Å². The minimum Gasteiger partial charge on any atom is -0.492 e. The first-order chi connectivity index (χ1) is 11.9. The Morgan fingerprint density at radius 2 is 1.38 bits per heavy atom. The van der Waals surface area contributed by atoms with Gasteiger partial charge in [-0.2, -0.15) is 0 Å². The average molecular weight is 314 g/mol. The fraction of sp³-hybridized carbons (Fsp3) is 0.0952. The summed E-state index contributed by atoms with van der Waals surface area (Å²) < 4.78 is 5.76. The van der Waals surface area contributed by atoms with Crippen LogP contribution in [0, 0.1) is 0 Å². The lowest BCUT2D eigenvalue weighted by molar-refractivity contribution is 0.342. The normalized spacial score (nSPS) is 10.9. The molecule has 0 fully saturated rings. The van der Waals surface area contributed by atoms with Crippen molar-refractivity contribution in [3.8, 4) is 5.75 Å². The average Bonchev–Trinajstić information content (AvgIpc) is 2.63. The Morgan fingerprint density at radius 1 is 0.792 bits per heavy atom. The standard InChI is InChI=1S/C21H18N2O/c1-2-24-20-14-8-7-13-19(20)23-21-15-9-3-5-11-17(15)22-18-12-6-4-10-16(18)21/h3-14H,2H2,1H3,(H,22,23). The highest BCUT2D eigenvalue weighted by molar-refractivity contribution is 6.08. The first-order valence-electron chi connectivity index (χ1n) is 8.13. The van der Waals surface area contributed by atoms with Gasteiger partial charge in [0.05, 0.1) is 29.0 Å². The molecule has 24 heavy (non-hydrogen) atoms. The van der Waals surface area contributed by atoms with Gasteiger partial charge in [-0.15, -0.1) is 0 Å². The summed E-state index contributed by atoms with van der Waals surface area (Å²) in [6, 6.07) is 24.4. The molecule has 0 unspecified atom stereocenters. The Hall–Kier alpha value is -3.07. The van der Waals surface area contributed by atoms with Crippen molar-refractivity contribution in [3.05, 3.63) is 72.8 Å². The number of pyridine rings is 1. The van der Waals surface area contributed by atoms with Crippen LogP contribution in [0.3, 0.4) is 0 Å². The van der Waals surface area contributed by atoms with Gasteiger partial charge in [-0.1, -0.05) is 48.5 Å². The number of aromatic nitrogens is 1. The van der Waals surface area contributed by atoms with Crippen molar-refractivity contribution in [3.63, 3.8) is 0 Å². The summed E-state index contributed by atoms with van der Waals surface area (Å²) >= 11 is 0. The zero-order valence-electron chi connectivity index (χ0n) is 13.5. The summed E-state index contributed by atoms with van der Waals surface area (Å²) in [7, 11) is 0. The number of ether oxygens (including phenoxy) is 1. The number of para-hydroxylation sites is 4. The zero-order valence-corrected chi connectivity index (χ0v) is 13.5. The summed E-state index contributed by atoms with van der Waals surface area (Å²) in [5.74, 6) is 0.852. The van der Waals surface area contributed by atoms with E-state index >= 15 is 0 Å². The van der Waals surface area contributed by atoms with Crippen molar-refractivity contribution in [2.45, 2.75) is 6.92 Å². The molecule has 0 amide bonds. The molecule has 3 nitrogen and oxygen atoms in total. The number of nitrogens with zero attached hydrogens (tertiary/aromatic N) is 1. The van der Waals surface area contributed by atoms with Gasteiger partial charge in [0.2, 0.25) is 0 Å². The number of benzene rings is 3. The summed E-state index contributed by atoms with van der Waals surface area (Å²) in [4.78, 5) is 4.77. The van der Waals surface area contributed by atoms with E-state index < -0.39 is 0 Å². The van der Waals surface area contributed by atoms with Crippen molar-refractivity contribution >= 4 is 33.2 Å². The van der Waals surface area contributed by atoms with E-state index in [0.717, 1.165) is 38.9 Å². The van der Waals surface area contributed by atoms with Gasteiger partial charge in [-0.25, -0.2) is 4.98 Å². The fourth-order valence-electron chi connectivity index (χ4n) is 2.96. The van der Waals surface area contributed by atoms with Crippen molar-refractivity contribution in [1.29, 1.82) is 0 Å². The second-order valence-corrected chi connectivity index (χ2v) is 5.58. The van der Waals surface area contributed by atoms with E-state index in [1.165, 1.54) is 0 Å². The maximum absolute atomic E-state index is 5.76. The SMILES string of the molecule is CCOc1ccccc1Nc1c2ccccc2nc2ccccc12. The van der Waals surface area contributed by atoms with Crippen molar-refractivity contribution < 1.29 is 4.74 Å². The first kappa shape index (κ1) is 14.5. The third-order valence-electron chi connectivity index (χ3n) is 4.03. The van der Waals surface area contributed by atoms with E-state index in [4.69, 9.17) is 9.72 Å². The van der Waals surface area contributed by atoms with Crippen molar-refractivity contribution in [1.82, 2.24) is 4.98 Å². The van der Waals surface area contributed by atoms with Crippen molar-refractivity contribution in [2.24, 2.45) is 0 Å². The molecule has 3 aromatic carbocycles. The molecule has 0 spiro atoms. The number of fused-ring (bicyclic) bond motifs is 2. The van der Waals surface area contributed by atoms with Crippen LogP contribution >= 0.6 is 0 Å². The van der Waals surface area contributed by atoms with E-state index in [-0.39, 0.29) is 0 Å². The Morgan fingerprint density at radius 3 is 2.04 bits per heavy atom. The summed E-state index contributed by atoms with van der Waals surface area (Å²) in [6.07, 6.45) is 0. The number of nitrogens with one attached hydrogen (secondary N) is 1. The topological polar surface area (TPSA) is 34.1 Å². The van der Waals surface area contributed by atoms with Crippen LogP contribution in [0.25, 0.3) is 21.8 Å². The van der Waals surface area contributed by atoms with E-state index in [1.807, 2.05) is 67.6 Å². The first-order valence-corrected chi connectivity index (χ1v) is 8.13. The van der Waals surface area contributed by atoms with Crippen LogP contribution in [-0.2, 0) is 0 Å². The molecular weight excluding hydrogens is 296 g/mol. The van der Waals surface area contributed by atoms with Gasteiger partial charge in [0.1, 0.15) is 5.75 Å². The molecule has 3 heteroatoms. The lowest BCUT2D eigenvalue weighted by atomic mass is 10.1. The number of rotatable bonds is 4. The van der Waals surface area contributed by atoms with Crippen LogP contribution in [0.4, 0.5) is 11.4 Å². The molecule has 0 bridgehead atoms. The van der Waals surface area contributed by atoms with Gasteiger partial charge < -0.3 is 10.1 Å². The quantitative estimate of drug-likeness (QED) is 0.503. The third-order valence-corrected chi connectivity index (χ3v) is 4.03. The predicted molar refractivity (Wildman–Crippen MR) is 100 cm³/mol. The number of anilines is 2. The molecule has 0 saturated carbocycles. The molecule has 0 atom stereocenters. The summed E-state index contributed by atoms with van der Waals surface area (Å²) in [5.41, 5.74) is 3.98. The minimum atomic E-state index is 0.635. The fourth-order valence-corrected chi connectivity index (χ4v) is 2.96. The second kappa shape index (κ2) is 6.20. The minimum absolute atomic E-state index is 0.635. The van der Waals surface area contributed by atoms with Crippen LogP contribution in [0.1, 0.15) is 6.92 Å². The van der Waals surface area contributed by atoms with Crippen LogP contribution in [-0.4, -0.2) is 11.6 Å². The van der Waals surface area contributed by atoms with E-state index in [9.17, 15) is 0 Å². The Kier molecular flexibility index (Phi) is 3.75. The molecule has 4 rings (SSSR count). The number of hydrogen-bond donors (Lipinski definition) is 1. The summed E-state index contributed by atoms with van der Waals surface area (Å²) in [6.45, 7) is 2.63. The maximum Gasteiger partial charge on any atom is 0.142 e. The molecule has 1 N–H and O–H groups in total. The van der Waals surface area contributed by atoms with Gasteiger partial charge >= 0.3 is 0 Å². The lowest BCUT2D eigenvalue weighted by Crippen LogP contribution is -1.99. The van der Waals surface area contributed by atoms with Crippen molar-refractivity contribution in [2.75, 3.05) is 11.9 Å². The molecular formula is C21H18N2O. The van der Waals surface area contributed by atoms with Gasteiger partial charge in [-0.3, -0.25) is 0 Å². The molecule has 0 aliphatic rings. The van der Waals surface area contributed by atoms with Gasteiger partial charge in [-0.05, 0) is 31.2 Å². The molecule has 118 valence electrons. The van der Waals surface area contributed by atoms with E-state index in [1.54, 1.807) is 0 Å². The van der Waals surface area contributed by atoms with Crippen LogP contribution in [0.15, 0.2) is 72.8 Å². The molecule has 0 saturated heterocycles. The molecule has 1 aromatic heterocycles. The zero-order chi connectivity index (χ0) is 16.4. The van der Waals surface area contributed by atoms with E-state index in [2.05, 4.69) is 17.4 Å². The largest absolute Gasteiger partial charge is 0.492 e. The molecule has 4 aromatic rings. The Balaban J connectivity index is 1.94. The highest BCUT2D eigenvalue weighted by atomic mass is 16.5. The predicted octanol–water partition coefficient (Wildman–Crippen LogP) is 5.53. The Labute approximate surface area is 140 Å². The highest BCUT2D eigenvalue weighted by Crippen LogP contribution is 2.35. The maximum atomic E-state index is 5.76. The smallest absolute Gasteiger partial charge is 0.142 e. The van der Waals surface area contributed by atoms with Gasteiger partial charge in [0.25, 0.3) is 0 Å². The third kappa shape index (κ3) is 2.54. The molecule has 0 aliphatic heterocycles. The number of hydrogen-bond acceptors (Lipinski definition) is 3.